The van der Waals surface area contributed by atoms with Crippen LogP contribution < -0.4 is 5.32 Å². The minimum absolute atomic E-state index is 0.111. The number of rotatable bonds is 3. The summed E-state index contributed by atoms with van der Waals surface area (Å²) in [6.07, 6.45) is 0. The van der Waals surface area contributed by atoms with Crippen molar-refractivity contribution >= 4 is 40.1 Å². The van der Waals surface area contributed by atoms with Crippen molar-refractivity contribution in [3.05, 3.63) is 67.8 Å². The van der Waals surface area contributed by atoms with Gasteiger partial charge in [0.15, 0.2) is 11.6 Å². The fourth-order valence-electron chi connectivity index (χ4n) is 1.57. The Bertz CT molecular complexity index is 664. The monoisotopic (exact) mass is 407 g/mol. The van der Waals surface area contributed by atoms with E-state index in [4.69, 9.17) is 11.6 Å². The Morgan fingerprint density at radius 1 is 1.15 bits per heavy atom. The Balaban J connectivity index is 2.04. The molecule has 2 rings (SSSR count). The molecule has 0 aliphatic heterocycles. The van der Waals surface area contributed by atoms with Crippen LogP contribution in [0.3, 0.4) is 0 Å². The maximum atomic E-state index is 13.0. The van der Waals surface area contributed by atoms with E-state index in [1.54, 1.807) is 18.2 Å². The lowest BCUT2D eigenvalue weighted by atomic mass is 10.2. The molecule has 0 fully saturated rings. The SMILES string of the molecule is O=C(NCc1ccc(F)c(F)c1)c1ccc(I)c(Cl)c1. The fourth-order valence-corrected chi connectivity index (χ4v) is 2.09. The molecule has 0 aliphatic carbocycles. The van der Waals surface area contributed by atoms with Gasteiger partial charge in [-0.2, -0.15) is 0 Å². The number of benzene rings is 2. The first-order chi connectivity index (χ1) is 9.47. The lowest BCUT2D eigenvalue weighted by Gasteiger charge is -2.07. The second kappa shape index (κ2) is 6.49. The lowest BCUT2D eigenvalue weighted by molar-refractivity contribution is 0.0951. The highest BCUT2D eigenvalue weighted by Crippen LogP contribution is 2.19. The molecule has 6 heteroatoms. The third kappa shape index (κ3) is 3.67. The molecular formula is C14H9ClF2INO. The van der Waals surface area contributed by atoms with Crippen molar-refractivity contribution in [2.75, 3.05) is 0 Å². The first kappa shape index (κ1) is 15.2. The molecule has 20 heavy (non-hydrogen) atoms. The number of carbonyl (C=O) groups is 1. The molecule has 2 nitrogen and oxygen atoms in total. The number of hydrogen-bond donors (Lipinski definition) is 1. The zero-order valence-electron chi connectivity index (χ0n) is 10.1. The second-order valence-corrected chi connectivity index (χ2v) is 5.63. The van der Waals surface area contributed by atoms with E-state index < -0.39 is 11.6 Å². The van der Waals surface area contributed by atoms with E-state index in [1.807, 2.05) is 0 Å². The molecule has 104 valence electrons. The third-order valence-corrected chi connectivity index (χ3v) is 4.19. The molecule has 0 spiro atoms. The molecule has 0 aromatic heterocycles. The predicted octanol–water partition coefficient (Wildman–Crippen LogP) is 4.15. The average Bonchev–Trinajstić information content (AvgIpc) is 2.43. The molecule has 0 radical (unpaired) electrons. The van der Waals surface area contributed by atoms with E-state index in [9.17, 15) is 13.6 Å². The summed E-state index contributed by atoms with van der Waals surface area (Å²) in [5, 5.41) is 3.11. The van der Waals surface area contributed by atoms with Gasteiger partial charge in [-0.3, -0.25) is 4.79 Å². The van der Waals surface area contributed by atoms with Crippen LogP contribution in [0.1, 0.15) is 15.9 Å². The summed E-state index contributed by atoms with van der Waals surface area (Å²) in [6.45, 7) is 0.111. The summed E-state index contributed by atoms with van der Waals surface area (Å²) in [5.74, 6) is -2.17. The molecule has 0 saturated heterocycles. The van der Waals surface area contributed by atoms with Gasteiger partial charge in [0.1, 0.15) is 0 Å². The van der Waals surface area contributed by atoms with Crippen molar-refractivity contribution < 1.29 is 13.6 Å². The van der Waals surface area contributed by atoms with Crippen LogP contribution in [0, 0.1) is 15.2 Å². The number of carbonyl (C=O) groups excluding carboxylic acids is 1. The zero-order valence-corrected chi connectivity index (χ0v) is 13.0. The van der Waals surface area contributed by atoms with Gasteiger partial charge < -0.3 is 5.32 Å². The molecule has 1 N–H and O–H groups in total. The van der Waals surface area contributed by atoms with E-state index in [0.29, 0.717) is 16.1 Å². The Morgan fingerprint density at radius 2 is 1.90 bits per heavy atom. The number of hydrogen-bond acceptors (Lipinski definition) is 1. The van der Waals surface area contributed by atoms with Crippen molar-refractivity contribution in [2.45, 2.75) is 6.54 Å². The van der Waals surface area contributed by atoms with Crippen LogP contribution >= 0.6 is 34.2 Å². The molecule has 0 atom stereocenters. The molecule has 1 amide bonds. The van der Waals surface area contributed by atoms with Crippen molar-refractivity contribution in [1.82, 2.24) is 5.32 Å². The summed E-state index contributed by atoms with van der Waals surface area (Å²) in [7, 11) is 0. The van der Waals surface area contributed by atoms with E-state index in [0.717, 1.165) is 15.7 Å². The molecule has 0 unspecified atom stereocenters. The maximum absolute atomic E-state index is 13.0. The highest BCUT2D eigenvalue weighted by molar-refractivity contribution is 14.1. The third-order valence-electron chi connectivity index (χ3n) is 2.62. The van der Waals surface area contributed by atoms with Crippen LogP contribution in [-0.4, -0.2) is 5.91 Å². The Hall–Kier alpha value is -1.21. The van der Waals surface area contributed by atoms with E-state index in [-0.39, 0.29) is 12.5 Å². The minimum atomic E-state index is -0.936. The highest BCUT2D eigenvalue weighted by Gasteiger charge is 2.08. The van der Waals surface area contributed by atoms with Crippen molar-refractivity contribution in [3.63, 3.8) is 0 Å². The standard InChI is InChI=1S/C14H9ClF2INO/c15-10-6-9(2-4-13(10)18)14(20)19-7-8-1-3-11(16)12(17)5-8/h1-6H,7H2,(H,19,20). The van der Waals surface area contributed by atoms with Gasteiger partial charge in [-0.1, -0.05) is 17.7 Å². The van der Waals surface area contributed by atoms with Crippen LogP contribution in [0.4, 0.5) is 8.78 Å². The predicted molar refractivity (Wildman–Crippen MR) is 81.7 cm³/mol. The van der Waals surface area contributed by atoms with Crippen LogP contribution in [0.15, 0.2) is 36.4 Å². The van der Waals surface area contributed by atoms with E-state index in [1.165, 1.54) is 6.07 Å². The normalized spacial score (nSPS) is 10.4. The van der Waals surface area contributed by atoms with Crippen LogP contribution in [0.25, 0.3) is 0 Å². The quantitative estimate of drug-likeness (QED) is 0.761. The average molecular weight is 408 g/mol. The minimum Gasteiger partial charge on any atom is -0.348 e. The van der Waals surface area contributed by atoms with Crippen molar-refractivity contribution in [1.29, 1.82) is 0 Å². The highest BCUT2D eigenvalue weighted by atomic mass is 127. The van der Waals surface area contributed by atoms with E-state index >= 15 is 0 Å². The molecule has 0 bridgehead atoms. The lowest BCUT2D eigenvalue weighted by Crippen LogP contribution is -2.22. The molecule has 0 aliphatic rings. The van der Waals surface area contributed by atoms with Gasteiger partial charge in [-0.25, -0.2) is 8.78 Å². The van der Waals surface area contributed by atoms with Gasteiger partial charge >= 0.3 is 0 Å². The van der Waals surface area contributed by atoms with Gasteiger partial charge in [0.25, 0.3) is 5.91 Å². The van der Waals surface area contributed by atoms with Gasteiger partial charge in [0.2, 0.25) is 0 Å². The summed E-state index contributed by atoms with van der Waals surface area (Å²) >= 11 is 8.00. The summed E-state index contributed by atoms with van der Waals surface area (Å²) in [4.78, 5) is 11.9. The Kier molecular flexibility index (Phi) is 4.93. The van der Waals surface area contributed by atoms with Gasteiger partial charge in [0.05, 0.1) is 5.02 Å². The summed E-state index contributed by atoms with van der Waals surface area (Å²) < 4.78 is 26.6. The fraction of sp³-hybridized carbons (Fsp3) is 0.0714. The first-order valence-corrected chi connectivity index (χ1v) is 7.10. The summed E-state index contributed by atoms with van der Waals surface area (Å²) in [6, 6.07) is 8.43. The Morgan fingerprint density at radius 3 is 2.55 bits per heavy atom. The van der Waals surface area contributed by atoms with Gasteiger partial charge in [-0.15, -0.1) is 0 Å². The first-order valence-electron chi connectivity index (χ1n) is 5.64. The number of amides is 1. The number of halogens is 4. The Labute approximate surface area is 133 Å². The smallest absolute Gasteiger partial charge is 0.251 e. The summed E-state index contributed by atoms with van der Waals surface area (Å²) in [5.41, 5.74) is 0.895. The largest absolute Gasteiger partial charge is 0.348 e. The molecule has 0 heterocycles. The topological polar surface area (TPSA) is 29.1 Å². The molecular weight excluding hydrogens is 399 g/mol. The molecule has 0 saturated carbocycles. The van der Waals surface area contributed by atoms with Crippen LogP contribution in [-0.2, 0) is 6.54 Å². The molecule has 2 aromatic rings. The van der Waals surface area contributed by atoms with Gasteiger partial charge in [-0.05, 0) is 58.5 Å². The van der Waals surface area contributed by atoms with Crippen molar-refractivity contribution in [3.8, 4) is 0 Å². The van der Waals surface area contributed by atoms with Crippen LogP contribution in [0.2, 0.25) is 5.02 Å². The molecule has 2 aromatic carbocycles. The van der Waals surface area contributed by atoms with Crippen LogP contribution in [0.5, 0.6) is 0 Å². The van der Waals surface area contributed by atoms with Crippen molar-refractivity contribution in [2.24, 2.45) is 0 Å². The van der Waals surface area contributed by atoms with Gasteiger partial charge in [0, 0.05) is 15.7 Å². The number of nitrogens with one attached hydrogen (secondary N) is 1. The zero-order chi connectivity index (χ0) is 14.7. The second-order valence-electron chi connectivity index (χ2n) is 4.06. The maximum Gasteiger partial charge on any atom is 0.251 e. The van der Waals surface area contributed by atoms with E-state index in [2.05, 4.69) is 27.9 Å².